The van der Waals surface area contributed by atoms with Crippen LogP contribution >= 0.6 is 11.3 Å². The van der Waals surface area contributed by atoms with Gasteiger partial charge in [0.05, 0.1) is 14.2 Å². The van der Waals surface area contributed by atoms with E-state index in [9.17, 15) is 9.59 Å². The number of benzene rings is 1. The van der Waals surface area contributed by atoms with Crippen LogP contribution in [0.4, 0.5) is 5.13 Å². The van der Waals surface area contributed by atoms with E-state index in [0.717, 1.165) is 11.4 Å². The molecule has 0 aliphatic heterocycles. The van der Waals surface area contributed by atoms with E-state index in [1.165, 1.54) is 25.6 Å². The molecule has 29 heavy (non-hydrogen) atoms. The van der Waals surface area contributed by atoms with Crippen molar-refractivity contribution in [3.05, 3.63) is 28.8 Å². The summed E-state index contributed by atoms with van der Waals surface area (Å²) in [5.41, 5.74) is 0.342. The average Bonchev–Trinajstić information content (AvgIpc) is 3.10. The van der Waals surface area contributed by atoms with Gasteiger partial charge in [-0.25, -0.2) is 0 Å². The van der Waals surface area contributed by atoms with Gasteiger partial charge in [-0.3, -0.25) is 14.9 Å². The number of methoxy groups -OCH3 is 2. The molecule has 1 unspecified atom stereocenters. The van der Waals surface area contributed by atoms with Crippen LogP contribution in [-0.2, 0) is 11.2 Å². The lowest BCUT2D eigenvalue weighted by molar-refractivity contribution is -0.118. The summed E-state index contributed by atoms with van der Waals surface area (Å²) in [6.07, 6.45) is 0.801. The molecule has 0 spiro atoms. The third-order valence-corrected chi connectivity index (χ3v) is 4.99. The fraction of sp³-hybridized carbons (Fsp3) is 0.500. The molecule has 2 aromatic rings. The Morgan fingerprint density at radius 3 is 2.17 bits per heavy atom. The van der Waals surface area contributed by atoms with Crippen molar-refractivity contribution in [3.8, 4) is 11.5 Å². The molecule has 2 amide bonds. The number of amides is 2. The van der Waals surface area contributed by atoms with E-state index in [2.05, 4.69) is 34.7 Å². The Hall–Kier alpha value is -2.68. The number of rotatable bonds is 9. The van der Waals surface area contributed by atoms with Gasteiger partial charge in [0, 0.05) is 18.1 Å². The van der Waals surface area contributed by atoms with Crippen LogP contribution in [0.25, 0.3) is 0 Å². The normalized spacial score (nSPS) is 12.0. The first-order valence-electron chi connectivity index (χ1n) is 9.40. The smallest absolute Gasteiger partial charge is 0.252 e. The lowest BCUT2D eigenvalue weighted by Crippen LogP contribution is -2.47. The van der Waals surface area contributed by atoms with Crippen molar-refractivity contribution in [3.63, 3.8) is 0 Å². The quantitative estimate of drug-likeness (QED) is 0.646. The summed E-state index contributed by atoms with van der Waals surface area (Å²) in [6.45, 7) is 7.91. The maximum absolute atomic E-state index is 12.8. The van der Waals surface area contributed by atoms with Crippen LogP contribution in [0.5, 0.6) is 11.5 Å². The number of nitrogens with one attached hydrogen (secondary N) is 2. The number of ether oxygens (including phenoxy) is 2. The molecule has 1 heterocycles. The highest BCUT2D eigenvalue weighted by Gasteiger charge is 2.26. The highest BCUT2D eigenvalue weighted by Crippen LogP contribution is 2.23. The van der Waals surface area contributed by atoms with Gasteiger partial charge in [0.15, 0.2) is 0 Å². The summed E-state index contributed by atoms with van der Waals surface area (Å²) < 4.78 is 10.4. The van der Waals surface area contributed by atoms with Gasteiger partial charge in [0.2, 0.25) is 11.0 Å². The van der Waals surface area contributed by atoms with Crippen molar-refractivity contribution in [1.82, 2.24) is 15.5 Å². The summed E-state index contributed by atoms with van der Waals surface area (Å²) in [7, 11) is 3.02. The number of carbonyl (C=O) groups is 2. The van der Waals surface area contributed by atoms with E-state index in [0.29, 0.717) is 28.1 Å². The second-order valence-corrected chi connectivity index (χ2v) is 8.45. The molecule has 2 N–H and O–H groups in total. The molecule has 1 aromatic carbocycles. The van der Waals surface area contributed by atoms with Gasteiger partial charge in [-0.15, -0.1) is 10.2 Å². The maximum atomic E-state index is 12.8. The lowest BCUT2D eigenvalue weighted by Gasteiger charge is -2.21. The summed E-state index contributed by atoms with van der Waals surface area (Å²) >= 11 is 1.34. The van der Waals surface area contributed by atoms with E-state index in [-0.39, 0.29) is 11.8 Å². The average molecular weight is 421 g/mol. The van der Waals surface area contributed by atoms with Gasteiger partial charge < -0.3 is 14.8 Å². The first kappa shape index (κ1) is 22.6. The highest BCUT2D eigenvalue weighted by atomic mass is 32.1. The van der Waals surface area contributed by atoms with Crippen molar-refractivity contribution < 1.29 is 19.1 Å². The zero-order valence-electron chi connectivity index (χ0n) is 17.6. The van der Waals surface area contributed by atoms with E-state index in [1.807, 2.05) is 13.8 Å². The second kappa shape index (κ2) is 10.2. The molecule has 2 rings (SSSR count). The zero-order valence-corrected chi connectivity index (χ0v) is 18.4. The number of nitrogens with zero attached hydrogens (tertiary/aromatic N) is 2. The van der Waals surface area contributed by atoms with Crippen molar-refractivity contribution in [2.45, 2.75) is 40.2 Å². The molecule has 1 aromatic heterocycles. The maximum Gasteiger partial charge on any atom is 0.252 e. The van der Waals surface area contributed by atoms with Gasteiger partial charge in [-0.05, 0) is 24.0 Å². The Morgan fingerprint density at radius 2 is 1.66 bits per heavy atom. The Kier molecular flexibility index (Phi) is 7.95. The Balaban J connectivity index is 2.12. The second-order valence-electron chi connectivity index (χ2n) is 7.38. The summed E-state index contributed by atoms with van der Waals surface area (Å²) in [4.78, 5) is 25.5. The number of anilines is 1. The first-order valence-corrected chi connectivity index (χ1v) is 10.2. The molecular formula is C20H28N4O4S. The number of hydrogen-bond donors (Lipinski definition) is 2. The van der Waals surface area contributed by atoms with Gasteiger partial charge in [-0.1, -0.05) is 39.0 Å². The molecule has 158 valence electrons. The van der Waals surface area contributed by atoms with Crippen LogP contribution < -0.4 is 20.1 Å². The van der Waals surface area contributed by atoms with Crippen molar-refractivity contribution in [1.29, 1.82) is 0 Å². The molecule has 0 fully saturated rings. The van der Waals surface area contributed by atoms with E-state index >= 15 is 0 Å². The Bertz CT molecular complexity index is 829. The monoisotopic (exact) mass is 420 g/mol. The third kappa shape index (κ3) is 6.42. The summed E-state index contributed by atoms with van der Waals surface area (Å²) in [5, 5.41) is 15.0. The van der Waals surface area contributed by atoms with Crippen LogP contribution in [0.15, 0.2) is 18.2 Å². The molecular weight excluding hydrogens is 392 g/mol. The number of hydrogen-bond acceptors (Lipinski definition) is 7. The number of aromatic nitrogens is 2. The Labute approximate surface area is 175 Å². The molecule has 0 saturated heterocycles. The predicted octanol–water partition coefficient (Wildman–Crippen LogP) is 3.15. The first-order chi connectivity index (χ1) is 13.7. The lowest BCUT2D eigenvalue weighted by atomic mass is 10.0. The van der Waals surface area contributed by atoms with Crippen molar-refractivity contribution >= 4 is 28.3 Å². The third-order valence-electron chi connectivity index (χ3n) is 4.13. The molecule has 0 aliphatic carbocycles. The summed E-state index contributed by atoms with van der Waals surface area (Å²) in [5.74, 6) is 0.575. The minimum Gasteiger partial charge on any atom is -0.497 e. The van der Waals surface area contributed by atoms with Gasteiger partial charge in [0.25, 0.3) is 5.91 Å². The highest BCUT2D eigenvalue weighted by molar-refractivity contribution is 7.15. The van der Waals surface area contributed by atoms with Crippen LogP contribution in [0.2, 0.25) is 0 Å². The minimum absolute atomic E-state index is 0.130. The van der Waals surface area contributed by atoms with Crippen molar-refractivity contribution in [2.75, 3.05) is 19.5 Å². The fourth-order valence-corrected chi connectivity index (χ4v) is 3.57. The predicted molar refractivity (Wildman–Crippen MR) is 113 cm³/mol. The topological polar surface area (TPSA) is 102 Å². The summed E-state index contributed by atoms with van der Waals surface area (Å²) in [6, 6.07) is 4.12. The molecule has 1 atom stereocenters. The van der Waals surface area contributed by atoms with Gasteiger partial charge in [-0.2, -0.15) is 0 Å². The molecule has 9 heteroatoms. The fourth-order valence-electron chi connectivity index (χ4n) is 2.62. The van der Waals surface area contributed by atoms with Crippen LogP contribution in [0.1, 0.15) is 43.1 Å². The van der Waals surface area contributed by atoms with Crippen LogP contribution in [-0.4, -0.2) is 42.3 Å². The molecule has 0 radical (unpaired) electrons. The Morgan fingerprint density at radius 1 is 1.03 bits per heavy atom. The van der Waals surface area contributed by atoms with E-state index in [4.69, 9.17) is 9.47 Å². The largest absolute Gasteiger partial charge is 0.497 e. The van der Waals surface area contributed by atoms with Crippen molar-refractivity contribution in [2.24, 2.45) is 11.8 Å². The van der Waals surface area contributed by atoms with E-state index < -0.39 is 11.9 Å². The van der Waals surface area contributed by atoms with Gasteiger partial charge in [0.1, 0.15) is 22.5 Å². The molecule has 0 aliphatic rings. The number of carbonyl (C=O) groups excluding carboxylic acids is 2. The minimum atomic E-state index is -0.739. The zero-order chi connectivity index (χ0) is 21.6. The van der Waals surface area contributed by atoms with Gasteiger partial charge >= 0.3 is 0 Å². The van der Waals surface area contributed by atoms with Crippen LogP contribution in [0.3, 0.4) is 0 Å². The molecule has 0 saturated carbocycles. The van der Waals surface area contributed by atoms with E-state index in [1.54, 1.807) is 18.2 Å². The SMILES string of the molecule is COc1cc(OC)cc(C(=O)NC(C(=O)Nc2nnc(CC(C)C)s2)C(C)C)c1. The molecule has 8 nitrogen and oxygen atoms in total. The molecule has 0 bridgehead atoms. The standard InChI is InChI=1S/C20H28N4O4S/c1-11(2)7-16-23-24-20(29-16)22-19(26)17(12(3)4)21-18(25)13-8-14(27-5)10-15(9-13)28-6/h8-12,17H,7H2,1-6H3,(H,21,25)(H,22,24,26). The van der Waals surface area contributed by atoms with Crippen LogP contribution in [0, 0.1) is 11.8 Å².